The number of para-hydroxylation sites is 1. The van der Waals surface area contributed by atoms with E-state index in [0.29, 0.717) is 17.3 Å². The standard InChI is InChI=1S/C19H19N5O/c1-12-19(25-13-5-4-8-21-10-13)22-11-17(23-12)18-14-6-2-3-7-15(14)24-16(18)9-20/h2-3,6-7,11,13,21,24H,4-5,8,10H2,1H3. The number of nitrogens with zero attached hydrogens (tertiary/aromatic N) is 3. The van der Waals surface area contributed by atoms with Crippen LogP contribution in [0.4, 0.5) is 0 Å². The molecule has 1 aliphatic rings. The molecule has 1 atom stereocenters. The number of nitriles is 1. The molecule has 2 N–H and O–H groups in total. The van der Waals surface area contributed by atoms with Crippen LogP contribution >= 0.6 is 0 Å². The highest BCUT2D eigenvalue weighted by molar-refractivity contribution is 5.97. The van der Waals surface area contributed by atoms with E-state index in [2.05, 4.69) is 26.3 Å². The summed E-state index contributed by atoms with van der Waals surface area (Å²) in [7, 11) is 0. The second kappa shape index (κ2) is 6.54. The summed E-state index contributed by atoms with van der Waals surface area (Å²) in [5.74, 6) is 0.566. The number of aryl methyl sites for hydroxylation is 1. The van der Waals surface area contributed by atoms with Crippen molar-refractivity contribution in [1.82, 2.24) is 20.3 Å². The zero-order chi connectivity index (χ0) is 17.2. The van der Waals surface area contributed by atoms with Gasteiger partial charge in [-0.25, -0.2) is 9.97 Å². The quantitative estimate of drug-likeness (QED) is 0.769. The van der Waals surface area contributed by atoms with Crippen molar-refractivity contribution in [3.8, 4) is 23.2 Å². The third-order valence-electron chi connectivity index (χ3n) is 4.51. The van der Waals surface area contributed by atoms with Gasteiger partial charge in [-0.15, -0.1) is 0 Å². The smallest absolute Gasteiger partial charge is 0.235 e. The van der Waals surface area contributed by atoms with Crippen LogP contribution in [-0.4, -0.2) is 34.1 Å². The lowest BCUT2D eigenvalue weighted by Crippen LogP contribution is -2.37. The molecular formula is C19H19N5O. The third kappa shape index (κ3) is 2.94. The Morgan fingerprint density at radius 2 is 2.20 bits per heavy atom. The van der Waals surface area contributed by atoms with Gasteiger partial charge in [-0.05, 0) is 32.4 Å². The minimum atomic E-state index is 0.135. The van der Waals surface area contributed by atoms with Gasteiger partial charge in [0.15, 0.2) is 0 Å². The van der Waals surface area contributed by atoms with Crippen LogP contribution in [0.5, 0.6) is 5.88 Å². The second-order valence-corrected chi connectivity index (χ2v) is 6.26. The zero-order valence-electron chi connectivity index (χ0n) is 14.0. The molecule has 25 heavy (non-hydrogen) atoms. The molecule has 126 valence electrons. The lowest BCUT2D eigenvalue weighted by molar-refractivity contribution is 0.158. The average Bonchev–Trinajstić information content (AvgIpc) is 3.03. The maximum atomic E-state index is 9.46. The third-order valence-corrected chi connectivity index (χ3v) is 4.51. The molecule has 0 bridgehead atoms. The van der Waals surface area contributed by atoms with Gasteiger partial charge in [0.1, 0.15) is 23.6 Å². The molecule has 3 heterocycles. The second-order valence-electron chi connectivity index (χ2n) is 6.26. The number of piperidine rings is 1. The van der Waals surface area contributed by atoms with Gasteiger partial charge in [-0.3, -0.25) is 0 Å². The number of H-pyrrole nitrogens is 1. The van der Waals surface area contributed by atoms with Crippen LogP contribution in [0.25, 0.3) is 22.2 Å². The largest absolute Gasteiger partial charge is 0.472 e. The minimum absolute atomic E-state index is 0.135. The summed E-state index contributed by atoms with van der Waals surface area (Å²) in [4.78, 5) is 12.3. The molecule has 0 saturated carbocycles. The summed E-state index contributed by atoms with van der Waals surface area (Å²) in [6.45, 7) is 3.77. The van der Waals surface area contributed by atoms with Crippen LogP contribution in [0.1, 0.15) is 24.2 Å². The molecule has 6 nitrogen and oxygen atoms in total. The Hall–Kier alpha value is -2.91. The number of benzene rings is 1. The van der Waals surface area contributed by atoms with Gasteiger partial charge in [-0.2, -0.15) is 5.26 Å². The molecule has 2 aromatic heterocycles. The van der Waals surface area contributed by atoms with Gasteiger partial charge < -0.3 is 15.0 Å². The summed E-state index contributed by atoms with van der Waals surface area (Å²) >= 11 is 0. The topological polar surface area (TPSA) is 86.6 Å². The normalized spacial score (nSPS) is 17.4. The van der Waals surface area contributed by atoms with Gasteiger partial charge in [-0.1, -0.05) is 18.2 Å². The summed E-state index contributed by atoms with van der Waals surface area (Å²) in [6.07, 6.45) is 3.96. The first-order valence-electron chi connectivity index (χ1n) is 8.48. The van der Waals surface area contributed by atoms with E-state index >= 15 is 0 Å². The number of fused-ring (bicyclic) bond motifs is 1. The molecule has 0 radical (unpaired) electrons. The number of aromatic amines is 1. The van der Waals surface area contributed by atoms with Crippen LogP contribution in [-0.2, 0) is 0 Å². The molecule has 4 rings (SSSR count). The number of rotatable bonds is 3. The maximum absolute atomic E-state index is 9.46. The van der Waals surface area contributed by atoms with Gasteiger partial charge in [0.25, 0.3) is 0 Å². The van der Waals surface area contributed by atoms with Crippen LogP contribution in [0.15, 0.2) is 30.5 Å². The number of aromatic nitrogens is 3. The molecule has 3 aromatic rings. The van der Waals surface area contributed by atoms with E-state index in [1.807, 2.05) is 31.2 Å². The molecule has 0 aliphatic carbocycles. The molecule has 1 aromatic carbocycles. The number of ether oxygens (including phenoxy) is 1. The van der Waals surface area contributed by atoms with Crippen LogP contribution < -0.4 is 10.1 Å². The van der Waals surface area contributed by atoms with E-state index in [4.69, 9.17) is 4.74 Å². The van der Waals surface area contributed by atoms with Gasteiger partial charge in [0.05, 0.1) is 11.9 Å². The van der Waals surface area contributed by atoms with Crippen molar-refractivity contribution in [2.24, 2.45) is 0 Å². The maximum Gasteiger partial charge on any atom is 0.235 e. The molecule has 1 saturated heterocycles. The Labute approximate surface area is 145 Å². The first kappa shape index (κ1) is 15.6. The van der Waals surface area contributed by atoms with Gasteiger partial charge in [0.2, 0.25) is 5.88 Å². The molecule has 0 amide bonds. The van der Waals surface area contributed by atoms with Crippen molar-refractivity contribution >= 4 is 10.9 Å². The average molecular weight is 333 g/mol. The van der Waals surface area contributed by atoms with E-state index < -0.39 is 0 Å². The summed E-state index contributed by atoms with van der Waals surface area (Å²) in [6, 6.07) is 10.0. The Morgan fingerprint density at radius 3 is 2.96 bits per heavy atom. The summed E-state index contributed by atoms with van der Waals surface area (Å²) in [5, 5.41) is 13.8. The van der Waals surface area contributed by atoms with E-state index in [-0.39, 0.29) is 6.10 Å². The van der Waals surface area contributed by atoms with Crippen molar-refractivity contribution in [3.63, 3.8) is 0 Å². The van der Waals surface area contributed by atoms with Crippen molar-refractivity contribution in [1.29, 1.82) is 5.26 Å². The van der Waals surface area contributed by atoms with Crippen molar-refractivity contribution in [3.05, 3.63) is 41.9 Å². The predicted octanol–water partition coefficient (Wildman–Crippen LogP) is 2.94. The van der Waals surface area contributed by atoms with Crippen LogP contribution in [0, 0.1) is 18.3 Å². The molecule has 1 fully saturated rings. The van der Waals surface area contributed by atoms with E-state index in [0.717, 1.165) is 48.1 Å². The SMILES string of the molecule is Cc1nc(-c2c(C#N)[nH]c3ccccc23)cnc1OC1CCCNC1. The van der Waals surface area contributed by atoms with Gasteiger partial charge in [0, 0.05) is 23.0 Å². The molecule has 1 aliphatic heterocycles. The minimum Gasteiger partial charge on any atom is -0.472 e. The van der Waals surface area contributed by atoms with E-state index in [9.17, 15) is 5.26 Å². The highest BCUT2D eigenvalue weighted by atomic mass is 16.5. The Morgan fingerprint density at radius 1 is 1.32 bits per heavy atom. The first-order valence-corrected chi connectivity index (χ1v) is 8.48. The molecular weight excluding hydrogens is 314 g/mol. The monoisotopic (exact) mass is 333 g/mol. The zero-order valence-corrected chi connectivity index (χ0v) is 14.0. The highest BCUT2D eigenvalue weighted by Crippen LogP contribution is 2.31. The van der Waals surface area contributed by atoms with Crippen molar-refractivity contribution in [2.45, 2.75) is 25.9 Å². The lowest BCUT2D eigenvalue weighted by atomic mass is 10.1. The van der Waals surface area contributed by atoms with E-state index in [1.165, 1.54) is 0 Å². The highest BCUT2D eigenvalue weighted by Gasteiger charge is 2.19. The molecule has 6 heteroatoms. The Kier molecular flexibility index (Phi) is 4.08. The number of hydrogen-bond acceptors (Lipinski definition) is 5. The molecule has 0 spiro atoms. The van der Waals surface area contributed by atoms with Gasteiger partial charge >= 0.3 is 0 Å². The fourth-order valence-corrected chi connectivity index (χ4v) is 3.28. The number of nitrogens with one attached hydrogen (secondary N) is 2. The van der Waals surface area contributed by atoms with Crippen molar-refractivity contribution < 1.29 is 4.74 Å². The van der Waals surface area contributed by atoms with E-state index in [1.54, 1.807) is 6.20 Å². The number of hydrogen-bond donors (Lipinski definition) is 2. The lowest BCUT2D eigenvalue weighted by Gasteiger charge is -2.23. The Bertz CT molecular complexity index is 950. The predicted molar refractivity (Wildman–Crippen MR) is 95.3 cm³/mol. The summed E-state index contributed by atoms with van der Waals surface area (Å²) < 4.78 is 5.99. The first-order chi connectivity index (χ1) is 12.3. The summed E-state index contributed by atoms with van der Waals surface area (Å²) in [5.41, 5.74) is 3.62. The Balaban J connectivity index is 1.70. The molecule has 1 unspecified atom stereocenters. The fourth-order valence-electron chi connectivity index (χ4n) is 3.28. The van der Waals surface area contributed by atoms with Crippen molar-refractivity contribution in [2.75, 3.05) is 13.1 Å². The van der Waals surface area contributed by atoms with Crippen LogP contribution in [0.2, 0.25) is 0 Å². The van der Waals surface area contributed by atoms with Crippen LogP contribution in [0.3, 0.4) is 0 Å². The fraction of sp³-hybridized carbons (Fsp3) is 0.316.